The van der Waals surface area contributed by atoms with Crippen molar-refractivity contribution in [3.05, 3.63) is 36.0 Å². The van der Waals surface area contributed by atoms with Gasteiger partial charge in [-0.25, -0.2) is 4.79 Å². The molecule has 1 heterocycles. The minimum Gasteiger partial charge on any atom is -0.490 e. The molecule has 2 amide bonds. The van der Waals surface area contributed by atoms with E-state index in [0.29, 0.717) is 23.5 Å². The third-order valence-electron chi connectivity index (χ3n) is 4.21. The molecule has 0 bridgehead atoms. The first-order valence-corrected chi connectivity index (χ1v) is 8.59. The Bertz CT molecular complexity index is 718. The van der Waals surface area contributed by atoms with Gasteiger partial charge in [-0.2, -0.15) is 4.98 Å². The smallest absolute Gasteiger partial charge is 0.320 e. The number of anilines is 1. The third-order valence-corrected chi connectivity index (χ3v) is 4.21. The molecule has 2 N–H and O–H groups in total. The molecule has 7 nitrogen and oxygen atoms in total. The lowest BCUT2D eigenvalue weighted by atomic mass is 10.1. The number of nitrogens with zero attached hydrogens (tertiary/aromatic N) is 2. The van der Waals surface area contributed by atoms with E-state index in [1.165, 1.54) is 12.8 Å². The van der Waals surface area contributed by atoms with Gasteiger partial charge in [-0.15, -0.1) is 0 Å². The molecule has 1 aromatic carbocycles. The molecular weight excluding hydrogens is 320 g/mol. The molecule has 0 spiro atoms. The normalized spacial score (nSPS) is 15.2. The van der Waals surface area contributed by atoms with Crippen molar-refractivity contribution in [3.8, 4) is 5.75 Å². The van der Waals surface area contributed by atoms with Crippen LogP contribution in [-0.4, -0.2) is 22.3 Å². The van der Waals surface area contributed by atoms with Gasteiger partial charge in [-0.1, -0.05) is 5.16 Å². The van der Waals surface area contributed by atoms with Gasteiger partial charge < -0.3 is 19.9 Å². The summed E-state index contributed by atoms with van der Waals surface area (Å²) in [5, 5.41) is 9.38. The summed E-state index contributed by atoms with van der Waals surface area (Å²) in [6, 6.07) is 7.06. The van der Waals surface area contributed by atoms with Crippen LogP contribution in [0.5, 0.6) is 5.75 Å². The number of nitrogens with one attached hydrogen (secondary N) is 2. The summed E-state index contributed by atoms with van der Waals surface area (Å²) in [6.07, 6.45) is 5.03. The molecule has 1 aliphatic rings. The summed E-state index contributed by atoms with van der Waals surface area (Å²) in [4.78, 5) is 16.4. The van der Waals surface area contributed by atoms with Crippen molar-refractivity contribution < 1.29 is 14.1 Å². The Morgan fingerprint density at radius 1 is 1.24 bits per heavy atom. The van der Waals surface area contributed by atoms with E-state index in [1.54, 1.807) is 20.8 Å². The SMILES string of the molecule is Cc1noc(C(C)(C)NC(=O)Nc2ccc(OC3CCCC3)cc2)n1. The van der Waals surface area contributed by atoms with Crippen LogP contribution in [-0.2, 0) is 5.54 Å². The van der Waals surface area contributed by atoms with Crippen LogP contribution in [0.3, 0.4) is 0 Å². The van der Waals surface area contributed by atoms with Crippen LogP contribution in [0.15, 0.2) is 28.8 Å². The number of hydrogen-bond acceptors (Lipinski definition) is 5. The third kappa shape index (κ3) is 4.49. The van der Waals surface area contributed by atoms with Crippen molar-refractivity contribution in [3.63, 3.8) is 0 Å². The maximum absolute atomic E-state index is 12.2. The summed E-state index contributed by atoms with van der Waals surface area (Å²) in [6.45, 7) is 5.34. The minimum atomic E-state index is -0.767. The van der Waals surface area contributed by atoms with Gasteiger partial charge in [0.1, 0.15) is 11.3 Å². The minimum absolute atomic E-state index is 0.320. The molecule has 3 rings (SSSR count). The van der Waals surface area contributed by atoms with E-state index >= 15 is 0 Å². The maximum Gasteiger partial charge on any atom is 0.320 e. The van der Waals surface area contributed by atoms with Crippen molar-refractivity contribution in [2.24, 2.45) is 0 Å². The number of ether oxygens (including phenoxy) is 1. The van der Waals surface area contributed by atoms with Crippen LogP contribution in [0.25, 0.3) is 0 Å². The second-order valence-corrected chi connectivity index (χ2v) is 6.90. The molecule has 2 aromatic rings. The molecule has 7 heteroatoms. The van der Waals surface area contributed by atoms with Crippen molar-refractivity contribution in [2.75, 3.05) is 5.32 Å². The van der Waals surface area contributed by atoms with Gasteiger partial charge in [-0.3, -0.25) is 0 Å². The standard InChI is InChI=1S/C18H24N4O3/c1-12-19-16(25-22-12)18(2,3)21-17(23)20-13-8-10-15(11-9-13)24-14-6-4-5-7-14/h8-11,14H,4-7H2,1-3H3,(H2,20,21,23). The van der Waals surface area contributed by atoms with Gasteiger partial charge in [0.25, 0.3) is 5.89 Å². The zero-order valence-corrected chi connectivity index (χ0v) is 14.8. The first-order valence-electron chi connectivity index (χ1n) is 8.59. The van der Waals surface area contributed by atoms with Gasteiger partial charge in [0.15, 0.2) is 5.82 Å². The number of rotatable bonds is 5. The lowest BCUT2D eigenvalue weighted by Gasteiger charge is -2.22. The summed E-state index contributed by atoms with van der Waals surface area (Å²) < 4.78 is 11.1. The number of amides is 2. The number of carbonyl (C=O) groups excluding carboxylic acids is 1. The van der Waals surface area contributed by atoms with Crippen LogP contribution >= 0.6 is 0 Å². The van der Waals surface area contributed by atoms with Crippen LogP contribution in [0.4, 0.5) is 10.5 Å². The number of carbonyl (C=O) groups is 1. The van der Waals surface area contributed by atoms with Gasteiger partial charge in [0.05, 0.1) is 6.10 Å². The average Bonchev–Trinajstić information content (AvgIpc) is 3.20. The highest BCUT2D eigenvalue weighted by Gasteiger charge is 2.29. The molecular formula is C18H24N4O3. The summed E-state index contributed by atoms with van der Waals surface area (Å²) >= 11 is 0. The fourth-order valence-electron chi connectivity index (χ4n) is 2.87. The number of urea groups is 1. The van der Waals surface area contributed by atoms with Gasteiger partial charge in [-0.05, 0) is 70.7 Å². The second-order valence-electron chi connectivity index (χ2n) is 6.90. The zero-order valence-electron chi connectivity index (χ0n) is 14.8. The summed E-state index contributed by atoms with van der Waals surface area (Å²) in [7, 11) is 0. The highest BCUT2D eigenvalue weighted by Crippen LogP contribution is 2.25. The van der Waals surface area contributed by atoms with Crippen molar-refractivity contribution in [2.45, 2.75) is 58.1 Å². The van der Waals surface area contributed by atoms with E-state index in [4.69, 9.17) is 9.26 Å². The zero-order chi connectivity index (χ0) is 17.9. The Labute approximate surface area is 147 Å². The predicted octanol–water partition coefficient (Wildman–Crippen LogP) is 3.76. The van der Waals surface area contributed by atoms with Crippen LogP contribution < -0.4 is 15.4 Å². The van der Waals surface area contributed by atoms with E-state index in [0.717, 1.165) is 18.6 Å². The average molecular weight is 344 g/mol. The van der Waals surface area contributed by atoms with E-state index in [9.17, 15) is 4.79 Å². The van der Waals surface area contributed by atoms with E-state index in [2.05, 4.69) is 20.8 Å². The molecule has 25 heavy (non-hydrogen) atoms. The van der Waals surface area contributed by atoms with Gasteiger partial charge >= 0.3 is 6.03 Å². The Morgan fingerprint density at radius 2 is 1.92 bits per heavy atom. The summed E-state index contributed by atoms with van der Waals surface area (Å²) in [5.74, 6) is 1.73. The Hall–Kier alpha value is -2.57. The number of aromatic nitrogens is 2. The molecule has 1 saturated carbocycles. The van der Waals surface area contributed by atoms with Gasteiger partial charge in [0.2, 0.25) is 0 Å². The Kier molecular flexibility index (Phi) is 4.92. The molecule has 1 aromatic heterocycles. The quantitative estimate of drug-likeness (QED) is 0.862. The molecule has 1 fully saturated rings. The van der Waals surface area contributed by atoms with E-state index in [1.807, 2.05) is 24.3 Å². The molecule has 0 saturated heterocycles. The highest BCUT2D eigenvalue weighted by molar-refractivity contribution is 5.89. The van der Waals surface area contributed by atoms with Gasteiger partial charge in [0, 0.05) is 5.69 Å². The topological polar surface area (TPSA) is 89.3 Å². The summed E-state index contributed by atoms with van der Waals surface area (Å²) in [5.41, 5.74) is -0.0783. The fourth-order valence-corrected chi connectivity index (χ4v) is 2.87. The monoisotopic (exact) mass is 344 g/mol. The first kappa shape index (κ1) is 17.3. The molecule has 134 valence electrons. The molecule has 0 aliphatic heterocycles. The number of hydrogen-bond donors (Lipinski definition) is 2. The number of aryl methyl sites for hydroxylation is 1. The van der Waals surface area contributed by atoms with Crippen molar-refractivity contribution >= 4 is 11.7 Å². The fraction of sp³-hybridized carbons (Fsp3) is 0.500. The number of benzene rings is 1. The first-order chi connectivity index (χ1) is 11.9. The molecule has 0 unspecified atom stereocenters. The maximum atomic E-state index is 12.2. The van der Waals surface area contributed by atoms with E-state index in [-0.39, 0.29) is 6.03 Å². The Balaban J connectivity index is 1.55. The van der Waals surface area contributed by atoms with Crippen LogP contribution in [0.2, 0.25) is 0 Å². The van der Waals surface area contributed by atoms with Crippen molar-refractivity contribution in [1.29, 1.82) is 0 Å². The Morgan fingerprint density at radius 3 is 2.52 bits per heavy atom. The van der Waals surface area contributed by atoms with E-state index < -0.39 is 5.54 Å². The molecule has 0 atom stereocenters. The molecule has 1 aliphatic carbocycles. The largest absolute Gasteiger partial charge is 0.490 e. The highest BCUT2D eigenvalue weighted by atomic mass is 16.5. The second kappa shape index (κ2) is 7.13. The van der Waals surface area contributed by atoms with Crippen molar-refractivity contribution in [1.82, 2.24) is 15.5 Å². The lowest BCUT2D eigenvalue weighted by Crippen LogP contribution is -2.43. The predicted molar refractivity (Wildman–Crippen MR) is 93.5 cm³/mol. The van der Waals surface area contributed by atoms with Crippen LogP contribution in [0.1, 0.15) is 51.2 Å². The molecule has 0 radical (unpaired) electrons. The lowest BCUT2D eigenvalue weighted by molar-refractivity contribution is 0.210. The van der Waals surface area contributed by atoms with Crippen LogP contribution in [0, 0.1) is 6.92 Å².